The molecule has 2 aromatic carbocycles. The van der Waals surface area contributed by atoms with Gasteiger partial charge in [-0.15, -0.1) is 0 Å². The van der Waals surface area contributed by atoms with Crippen LogP contribution in [0.3, 0.4) is 0 Å². The summed E-state index contributed by atoms with van der Waals surface area (Å²) in [4.78, 5) is 40.9. The van der Waals surface area contributed by atoms with Gasteiger partial charge in [-0.25, -0.2) is 0 Å². The van der Waals surface area contributed by atoms with Crippen LogP contribution in [0, 0.1) is 19.8 Å². The zero-order chi connectivity index (χ0) is 28.7. The first-order chi connectivity index (χ1) is 18.5. The summed E-state index contributed by atoms with van der Waals surface area (Å²) in [7, 11) is 3.98. The van der Waals surface area contributed by atoms with Crippen molar-refractivity contribution >= 4 is 11.8 Å². The number of rotatable bonds is 13. The number of hydrogen-bond acceptors (Lipinski definition) is 4. The first-order valence-electron chi connectivity index (χ1n) is 13.7. The molecule has 0 spiro atoms. The molecule has 0 amide bonds. The van der Waals surface area contributed by atoms with Crippen LogP contribution in [0.5, 0.6) is 0 Å². The van der Waals surface area contributed by atoms with Gasteiger partial charge >= 0.3 is 5.97 Å². The van der Waals surface area contributed by atoms with Crippen molar-refractivity contribution < 1.29 is 14.7 Å². The van der Waals surface area contributed by atoms with E-state index in [1.165, 1.54) is 4.57 Å². The number of aliphatic carboxylic acids is 1. The normalized spacial score (nSPS) is 13.0. The van der Waals surface area contributed by atoms with Crippen LogP contribution >= 0.6 is 0 Å². The average molecular weight is 531 g/mol. The third-order valence-electron chi connectivity index (χ3n) is 7.26. The second-order valence-corrected chi connectivity index (χ2v) is 11.3. The van der Waals surface area contributed by atoms with E-state index in [4.69, 9.17) is 0 Å². The molecule has 0 aliphatic heterocycles. The lowest BCUT2D eigenvalue weighted by Gasteiger charge is -2.24. The highest BCUT2D eigenvalue weighted by atomic mass is 16.4. The Kier molecular flexibility index (Phi) is 10.4. The highest BCUT2D eigenvalue weighted by Crippen LogP contribution is 2.33. The number of carboxylic acid groups (broad SMARTS) is 1. The Morgan fingerprint density at radius 3 is 2.21 bits per heavy atom. The van der Waals surface area contributed by atoms with Crippen molar-refractivity contribution in [1.82, 2.24) is 9.47 Å². The van der Waals surface area contributed by atoms with Gasteiger partial charge in [0.1, 0.15) is 0 Å². The zero-order valence-electron chi connectivity index (χ0n) is 24.1. The van der Waals surface area contributed by atoms with Gasteiger partial charge in [-0.1, -0.05) is 56.3 Å². The molecule has 2 atom stereocenters. The van der Waals surface area contributed by atoms with Crippen molar-refractivity contribution in [3.05, 3.63) is 93.4 Å². The molecular formula is C33H42N2O4. The molecule has 1 unspecified atom stereocenters. The molecule has 1 N–H and O–H groups in total. The summed E-state index contributed by atoms with van der Waals surface area (Å²) in [5.74, 6) is -1.38. The Hall–Kier alpha value is -3.51. The first kappa shape index (κ1) is 30.0. The van der Waals surface area contributed by atoms with Gasteiger partial charge in [0.25, 0.3) is 5.56 Å². The van der Waals surface area contributed by atoms with Gasteiger partial charge in [-0.2, -0.15) is 0 Å². The molecule has 0 radical (unpaired) electrons. The van der Waals surface area contributed by atoms with Crippen LogP contribution in [-0.4, -0.2) is 47.0 Å². The molecule has 0 aliphatic carbocycles. The largest absolute Gasteiger partial charge is 0.481 e. The third-order valence-corrected chi connectivity index (χ3v) is 7.26. The maximum atomic E-state index is 13.8. The number of likely N-dealkylation sites (N-methyl/N-ethyl adjacent to an activating group) is 1. The molecule has 39 heavy (non-hydrogen) atoms. The first-order valence-corrected chi connectivity index (χ1v) is 13.7. The average Bonchev–Trinajstić information content (AvgIpc) is 2.85. The second kappa shape index (κ2) is 13.5. The van der Waals surface area contributed by atoms with E-state index in [1.807, 2.05) is 64.3 Å². The SMILES string of the molecule is Cc1cccc(C)c1-c1cccc([C@H](CC(=O)O)CC(=O)C(CC(C)C)n2ccc(CCN(C)C)cc2=O)c1. The van der Waals surface area contributed by atoms with Crippen molar-refractivity contribution in [2.45, 2.75) is 65.3 Å². The van der Waals surface area contributed by atoms with Gasteiger partial charge in [0.2, 0.25) is 0 Å². The van der Waals surface area contributed by atoms with Gasteiger partial charge in [0.15, 0.2) is 5.78 Å². The summed E-state index contributed by atoms with van der Waals surface area (Å²) in [6.07, 6.45) is 2.89. The van der Waals surface area contributed by atoms with E-state index in [0.29, 0.717) is 6.42 Å². The number of Topliss-reactive ketones (excluding diaryl/α,β-unsaturated/α-hetero) is 1. The molecule has 0 bridgehead atoms. The monoisotopic (exact) mass is 530 g/mol. The van der Waals surface area contributed by atoms with Gasteiger partial charge in [-0.05, 0) is 86.1 Å². The number of benzene rings is 2. The van der Waals surface area contributed by atoms with E-state index in [-0.39, 0.29) is 30.1 Å². The van der Waals surface area contributed by atoms with Crippen LogP contribution in [0.25, 0.3) is 11.1 Å². The maximum absolute atomic E-state index is 13.8. The minimum Gasteiger partial charge on any atom is -0.481 e. The fourth-order valence-corrected chi connectivity index (χ4v) is 5.26. The van der Waals surface area contributed by atoms with Gasteiger partial charge in [-0.3, -0.25) is 14.4 Å². The number of pyridine rings is 1. The molecule has 6 nitrogen and oxygen atoms in total. The quantitative estimate of drug-likeness (QED) is 0.291. The molecule has 3 aromatic rings. The van der Waals surface area contributed by atoms with Crippen LogP contribution in [0.2, 0.25) is 0 Å². The fourth-order valence-electron chi connectivity index (χ4n) is 5.26. The van der Waals surface area contributed by atoms with Gasteiger partial charge in [0.05, 0.1) is 12.5 Å². The molecular weight excluding hydrogens is 488 g/mol. The number of carbonyl (C=O) groups is 2. The van der Waals surface area contributed by atoms with Crippen molar-refractivity contribution in [1.29, 1.82) is 0 Å². The molecule has 1 aromatic heterocycles. The van der Waals surface area contributed by atoms with Crippen LogP contribution in [0.15, 0.2) is 65.6 Å². The Balaban J connectivity index is 1.94. The summed E-state index contributed by atoms with van der Waals surface area (Å²) < 4.78 is 1.53. The molecule has 0 fully saturated rings. The highest BCUT2D eigenvalue weighted by molar-refractivity contribution is 5.84. The lowest BCUT2D eigenvalue weighted by molar-refractivity contribution is -0.137. The van der Waals surface area contributed by atoms with E-state index < -0.39 is 17.9 Å². The number of hydrogen-bond donors (Lipinski definition) is 1. The molecule has 0 saturated heterocycles. The molecule has 0 saturated carbocycles. The second-order valence-electron chi connectivity index (χ2n) is 11.3. The zero-order valence-corrected chi connectivity index (χ0v) is 24.1. The highest BCUT2D eigenvalue weighted by Gasteiger charge is 2.27. The Morgan fingerprint density at radius 1 is 0.949 bits per heavy atom. The maximum Gasteiger partial charge on any atom is 0.303 e. The number of carbonyl (C=O) groups excluding carboxylic acids is 1. The van der Waals surface area contributed by atoms with Gasteiger partial charge in [0, 0.05) is 31.1 Å². The van der Waals surface area contributed by atoms with Crippen molar-refractivity contribution in [2.75, 3.05) is 20.6 Å². The Bertz CT molecular complexity index is 1340. The van der Waals surface area contributed by atoms with Crippen LogP contribution in [0.4, 0.5) is 0 Å². The summed E-state index contributed by atoms with van der Waals surface area (Å²) in [6.45, 7) is 9.01. The number of ketones is 1. The van der Waals surface area contributed by atoms with E-state index in [2.05, 4.69) is 30.9 Å². The number of aryl methyl sites for hydroxylation is 2. The Labute approximate surface area is 232 Å². The fraction of sp³-hybridized carbons (Fsp3) is 0.424. The summed E-state index contributed by atoms with van der Waals surface area (Å²) >= 11 is 0. The standard InChI is InChI=1S/C33H42N2O4/c1-22(2)17-29(35-16-14-25(18-31(35)37)13-15-34(5)6)30(36)20-28(21-32(38)39)26-11-8-12-27(19-26)33-23(3)9-7-10-24(33)4/h7-12,14,16,18-19,22,28-29H,13,15,17,20-21H2,1-6H3,(H,38,39)/t28-,29?/m0/s1. The van der Waals surface area contributed by atoms with E-state index in [1.54, 1.807) is 12.3 Å². The Morgan fingerprint density at radius 2 is 1.62 bits per heavy atom. The molecule has 208 valence electrons. The lowest BCUT2D eigenvalue weighted by atomic mass is 9.85. The molecule has 0 aliphatic rings. The smallest absolute Gasteiger partial charge is 0.303 e. The molecule has 1 heterocycles. The topological polar surface area (TPSA) is 79.6 Å². The lowest BCUT2D eigenvalue weighted by Crippen LogP contribution is -2.31. The predicted molar refractivity (Wildman–Crippen MR) is 157 cm³/mol. The summed E-state index contributed by atoms with van der Waals surface area (Å²) in [5, 5.41) is 9.73. The predicted octanol–water partition coefficient (Wildman–Crippen LogP) is 6.04. The summed E-state index contributed by atoms with van der Waals surface area (Å²) in [5.41, 5.74) is 5.98. The third kappa shape index (κ3) is 8.24. The van der Waals surface area contributed by atoms with Crippen molar-refractivity contribution in [2.24, 2.45) is 5.92 Å². The minimum atomic E-state index is -0.951. The van der Waals surface area contributed by atoms with Crippen LogP contribution < -0.4 is 5.56 Å². The number of carboxylic acids is 1. The van der Waals surface area contributed by atoms with Gasteiger partial charge < -0.3 is 14.6 Å². The van der Waals surface area contributed by atoms with E-state index >= 15 is 0 Å². The molecule has 6 heteroatoms. The number of aromatic nitrogens is 1. The van der Waals surface area contributed by atoms with E-state index in [0.717, 1.165) is 46.3 Å². The number of nitrogens with zero attached hydrogens (tertiary/aromatic N) is 2. The molecule has 3 rings (SSSR count). The van der Waals surface area contributed by atoms with E-state index in [9.17, 15) is 19.5 Å². The van der Waals surface area contributed by atoms with Crippen molar-refractivity contribution in [3.63, 3.8) is 0 Å². The van der Waals surface area contributed by atoms with Crippen molar-refractivity contribution in [3.8, 4) is 11.1 Å². The van der Waals surface area contributed by atoms with Crippen LogP contribution in [-0.2, 0) is 16.0 Å². The summed E-state index contributed by atoms with van der Waals surface area (Å²) in [6, 6.07) is 16.9. The van der Waals surface area contributed by atoms with Crippen LogP contribution in [0.1, 0.15) is 67.3 Å². The minimum absolute atomic E-state index is 0.0503.